The molecule has 662 valence electrons. The fourth-order valence-corrected chi connectivity index (χ4v) is 14.1. The summed E-state index contributed by atoms with van der Waals surface area (Å²) in [6, 6.07) is 20.8. The van der Waals surface area contributed by atoms with Crippen LogP contribution < -0.4 is 70.4 Å². The quantitative estimate of drug-likeness (QED) is 0.0214. The van der Waals surface area contributed by atoms with E-state index >= 15 is 0 Å². The SMILES string of the molecule is CCOC(=O)C(CCc1ccccc1)N[C@@H](CCCCNC(=O)CCCNC(=O)CNCN)C(=O)N1CCC[C@@H]1C(=O)O.NCNCC(=O)CCC(=O)NCCCC[C@H](NC(CCc1ccccc1)C(=O)O)C(=O)N1CCCC1C(=O)O.NCNCCCC(=O)NCCCC[C@H](NC(CCc1ccccc1)C(=O)O)C(=O)N1CCCC1C(=O)O. The first-order chi connectivity index (χ1) is 57.3. The van der Waals surface area contributed by atoms with Gasteiger partial charge in [-0.1, -0.05) is 91.0 Å². The summed E-state index contributed by atoms with van der Waals surface area (Å²) in [7, 11) is 0. The number of amides is 7. The van der Waals surface area contributed by atoms with Gasteiger partial charge in [0.1, 0.15) is 42.0 Å². The molecule has 0 bridgehead atoms. The molecule has 3 fully saturated rings. The summed E-state index contributed by atoms with van der Waals surface area (Å²) in [6.45, 7) is 6.18. The minimum Gasteiger partial charge on any atom is -0.480 e. The zero-order chi connectivity index (χ0) is 87.1. The second kappa shape index (κ2) is 59.7. The summed E-state index contributed by atoms with van der Waals surface area (Å²) in [5.41, 5.74) is 18.9. The normalized spacial score (nSPS) is 16.3. The Labute approximate surface area is 696 Å². The molecule has 119 heavy (non-hydrogen) atoms. The monoisotopic (exact) mass is 1670 g/mol. The van der Waals surface area contributed by atoms with Crippen LogP contribution >= 0.6 is 0 Å². The largest absolute Gasteiger partial charge is 0.480 e. The van der Waals surface area contributed by atoms with Crippen LogP contribution in [0.15, 0.2) is 91.0 Å². The van der Waals surface area contributed by atoms with E-state index in [1.807, 2.05) is 91.0 Å². The average molecular weight is 1670 g/mol. The highest BCUT2D eigenvalue weighted by Crippen LogP contribution is 2.25. The Kier molecular flexibility index (Phi) is 50.9. The first kappa shape index (κ1) is 101. The van der Waals surface area contributed by atoms with E-state index in [0.29, 0.717) is 200 Å². The lowest BCUT2D eigenvalue weighted by molar-refractivity contribution is -0.150. The molecule has 6 rings (SSSR count). The van der Waals surface area contributed by atoms with Crippen LogP contribution in [0.2, 0.25) is 0 Å². The summed E-state index contributed by atoms with van der Waals surface area (Å²) >= 11 is 0. The number of carboxylic acids is 5. The Morgan fingerprint density at radius 3 is 1.06 bits per heavy atom. The van der Waals surface area contributed by atoms with Gasteiger partial charge in [-0.25, -0.2) is 14.4 Å². The van der Waals surface area contributed by atoms with E-state index in [-0.39, 0.29) is 106 Å². The molecule has 0 aliphatic carbocycles. The molecule has 3 aromatic carbocycles. The minimum atomic E-state index is -1.08. The number of unbranched alkanes of at least 4 members (excludes halogenated alkanes) is 3. The maximum Gasteiger partial charge on any atom is 0.326 e. The number of hydrogen-bond acceptors (Lipinski definition) is 24. The van der Waals surface area contributed by atoms with Gasteiger partial charge in [-0.2, -0.15) is 0 Å². The first-order valence-electron chi connectivity index (χ1n) is 41.7. The molecule has 36 heteroatoms. The van der Waals surface area contributed by atoms with Crippen LogP contribution in [-0.2, 0) is 91.1 Å². The highest BCUT2D eigenvalue weighted by atomic mass is 16.5. The molecule has 3 aliphatic rings. The molecule has 9 atom stereocenters. The maximum atomic E-state index is 13.6. The van der Waals surface area contributed by atoms with Crippen molar-refractivity contribution in [1.29, 1.82) is 0 Å². The zero-order valence-corrected chi connectivity index (χ0v) is 68.8. The molecular weight excluding hydrogens is 1540 g/mol. The Balaban J connectivity index is 0.000000376. The predicted octanol–water partition coefficient (Wildman–Crippen LogP) is 1.20. The molecule has 3 aromatic rings. The van der Waals surface area contributed by atoms with Crippen LogP contribution in [0.3, 0.4) is 0 Å². The van der Waals surface area contributed by atoms with Crippen molar-refractivity contribution in [2.24, 2.45) is 17.2 Å². The van der Waals surface area contributed by atoms with E-state index in [4.69, 9.17) is 21.9 Å². The number of aliphatic carboxylic acids is 5. The number of hydrogen-bond donors (Lipinski definition) is 18. The minimum absolute atomic E-state index is 0.0576. The summed E-state index contributed by atoms with van der Waals surface area (Å²) in [5.74, 6) is -7.62. The van der Waals surface area contributed by atoms with Crippen LogP contribution in [0, 0.1) is 0 Å². The number of ether oxygens (including phenoxy) is 1. The third kappa shape index (κ3) is 41.1. The van der Waals surface area contributed by atoms with Crippen molar-refractivity contribution < 1.29 is 97.4 Å². The number of carboxylic acid groups (broad SMARTS) is 5. The van der Waals surface area contributed by atoms with Crippen molar-refractivity contribution >= 4 is 82.9 Å². The lowest BCUT2D eigenvalue weighted by Gasteiger charge is -2.30. The Hall–Kier alpha value is -9.92. The van der Waals surface area contributed by atoms with E-state index in [9.17, 15) is 92.7 Å². The molecule has 5 unspecified atom stereocenters. The number of nitrogens with zero attached hydrogens (tertiary/aromatic N) is 3. The van der Waals surface area contributed by atoms with Gasteiger partial charge in [0, 0.05) is 91.5 Å². The van der Waals surface area contributed by atoms with Gasteiger partial charge in [-0.3, -0.25) is 79.3 Å². The van der Waals surface area contributed by atoms with Crippen LogP contribution in [0.5, 0.6) is 0 Å². The number of rotatable bonds is 58. The average Bonchev–Trinajstić information content (AvgIpc) is 1.74. The molecular formula is C83H130N16O20. The van der Waals surface area contributed by atoms with Gasteiger partial charge in [-0.05, 0) is 178 Å². The highest BCUT2D eigenvalue weighted by molar-refractivity contribution is 5.91. The number of carbonyl (C=O) groups excluding carboxylic acids is 9. The van der Waals surface area contributed by atoms with Gasteiger partial charge >= 0.3 is 35.8 Å². The third-order valence-corrected chi connectivity index (χ3v) is 20.5. The van der Waals surface area contributed by atoms with Gasteiger partial charge < -0.3 is 88.8 Å². The Morgan fingerprint density at radius 2 is 0.706 bits per heavy atom. The number of nitrogens with one attached hydrogen (secondary N) is 10. The van der Waals surface area contributed by atoms with E-state index in [0.717, 1.165) is 16.7 Å². The van der Waals surface area contributed by atoms with Gasteiger partial charge in [0.05, 0.1) is 37.8 Å². The van der Waals surface area contributed by atoms with Gasteiger partial charge in [0.25, 0.3) is 0 Å². The molecule has 3 saturated heterocycles. The lowest BCUT2D eigenvalue weighted by atomic mass is 10.0. The maximum absolute atomic E-state index is 13.6. The molecule has 36 nitrogen and oxygen atoms in total. The van der Waals surface area contributed by atoms with E-state index < -0.39 is 96.1 Å². The van der Waals surface area contributed by atoms with Gasteiger partial charge in [0.15, 0.2) is 0 Å². The van der Waals surface area contributed by atoms with Crippen LogP contribution in [-0.4, -0.2) is 270 Å². The predicted molar refractivity (Wildman–Crippen MR) is 443 cm³/mol. The number of esters is 1. The first-order valence-corrected chi connectivity index (χ1v) is 41.7. The number of nitrogens with two attached hydrogens (primary N) is 3. The lowest BCUT2D eigenvalue weighted by Crippen LogP contribution is -2.54. The van der Waals surface area contributed by atoms with Crippen LogP contribution in [0.1, 0.15) is 178 Å². The standard InChI is InChI=1S/C30H48N6O7.C27H41N5O7.C26H41N5O6/c1-2-43-30(42)24(16-15-22-10-4-3-5-11-22)35-23(28(39)36-19-9-13-25(36)29(40)41)12-6-7-17-33-26(37)14-8-18-34-27(38)20-32-21-31;28-18-29-17-20(33)12-14-24(34)30-15-5-4-9-21(25(35)32-16-6-10-23(32)27(38)39)31-22(26(36)37)13-11-19-7-2-1-3-8-19;27-18-28-15-6-12-23(32)29-16-5-4-10-20(24(33)31-17-7-11-22(31)26(36)37)30-21(25(34)35)14-13-19-8-2-1-3-9-19/h3-5,10-11,23-25,32,35H,2,6-9,12-21,31H2,1H3,(H,33,37)(H,34,38)(H,40,41);1-3,7-8,21-23,29,31H,4-6,9-18,28H2,(H,30,34)(H,36,37)(H,38,39);1-3,8-9,20-22,28,30H,4-7,10-18,27H2,(H,29,32)(H,34,35)(H,36,37)/t23-,24?,25+;21-,22?,23?;20-,21?,22?/m000/s1. The zero-order valence-electron chi connectivity index (χ0n) is 68.8. The van der Waals surface area contributed by atoms with Crippen molar-refractivity contribution in [3.8, 4) is 0 Å². The number of benzene rings is 3. The second-order valence-electron chi connectivity index (χ2n) is 29.5. The topological polar surface area (TPSA) is 557 Å². The smallest absolute Gasteiger partial charge is 0.326 e. The molecule has 7 amide bonds. The fourth-order valence-electron chi connectivity index (χ4n) is 14.1. The summed E-state index contributed by atoms with van der Waals surface area (Å²) in [4.78, 5) is 176. The molecule has 0 saturated carbocycles. The molecule has 0 aromatic heterocycles. The van der Waals surface area contributed by atoms with E-state index in [1.165, 1.54) is 14.7 Å². The third-order valence-electron chi connectivity index (χ3n) is 20.5. The fraction of sp³-hybridized carbons (Fsp3) is 0.614. The summed E-state index contributed by atoms with van der Waals surface area (Å²) in [5, 5.41) is 77.1. The number of ketones is 1. The molecule has 0 radical (unpaired) electrons. The molecule has 0 spiro atoms. The van der Waals surface area contributed by atoms with Crippen molar-refractivity contribution in [2.45, 2.75) is 235 Å². The van der Waals surface area contributed by atoms with Gasteiger partial charge in [0.2, 0.25) is 41.4 Å². The Morgan fingerprint density at radius 1 is 0.378 bits per heavy atom. The van der Waals surface area contributed by atoms with Crippen molar-refractivity contribution in [3.63, 3.8) is 0 Å². The van der Waals surface area contributed by atoms with Crippen LogP contribution in [0.25, 0.3) is 0 Å². The summed E-state index contributed by atoms with van der Waals surface area (Å²) in [6.07, 6.45) is 11.9. The molecule has 3 heterocycles. The molecule has 3 aliphatic heterocycles. The number of Topliss-reactive ketones (excluding diaryl/α,β-unsaturated/α-hetero) is 1. The van der Waals surface area contributed by atoms with E-state index in [2.05, 4.69) is 53.2 Å². The Bertz CT molecular complexity index is 3580. The van der Waals surface area contributed by atoms with Crippen molar-refractivity contribution in [3.05, 3.63) is 108 Å². The number of carbonyl (C=O) groups is 14. The number of aryl methyl sites for hydroxylation is 3. The van der Waals surface area contributed by atoms with Crippen molar-refractivity contribution in [1.82, 2.24) is 67.9 Å². The summed E-state index contributed by atoms with van der Waals surface area (Å²) < 4.78 is 5.30. The van der Waals surface area contributed by atoms with E-state index in [1.54, 1.807) is 6.92 Å². The number of likely N-dealkylation sites (tertiary alicyclic amines) is 3. The molecule has 21 N–H and O–H groups in total. The van der Waals surface area contributed by atoms with Gasteiger partial charge in [-0.15, -0.1) is 0 Å². The second-order valence-corrected chi connectivity index (χ2v) is 29.5. The highest BCUT2D eigenvalue weighted by Gasteiger charge is 2.42. The van der Waals surface area contributed by atoms with Crippen LogP contribution in [0.4, 0.5) is 0 Å². The van der Waals surface area contributed by atoms with Crippen molar-refractivity contribution in [2.75, 3.05) is 92.1 Å².